The number of carbonyl (C=O) groups excluding carboxylic acids is 2. The van der Waals surface area contributed by atoms with Gasteiger partial charge in [0.1, 0.15) is 17.9 Å². The highest BCUT2D eigenvalue weighted by molar-refractivity contribution is 6.42. The molecule has 7 heteroatoms. The lowest BCUT2D eigenvalue weighted by Crippen LogP contribution is -2.41. The number of halogens is 2. The summed E-state index contributed by atoms with van der Waals surface area (Å²) in [5.41, 5.74) is 1.37. The number of rotatable bonds is 4. The van der Waals surface area contributed by atoms with Crippen molar-refractivity contribution >= 4 is 41.2 Å². The summed E-state index contributed by atoms with van der Waals surface area (Å²) < 4.78 is 15.8. The summed E-state index contributed by atoms with van der Waals surface area (Å²) >= 11 is 11.9. The van der Waals surface area contributed by atoms with E-state index in [4.69, 9.17) is 37.4 Å². The van der Waals surface area contributed by atoms with Crippen molar-refractivity contribution in [2.75, 3.05) is 0 Å². The lowest BCUT2D eigenvalue weighted by Gasteiger charge is -2.29. The molecule has 2 aromatic rings. The molecule has 0 saturated carbocycles. The van der Waals surface area contributed by atoms with Gasteiger partial charge in [-0.1, -0.05) is 41.4 Å². The summed E-state index contributed by atoms with van der Waals surface area (Å²) in [5, 5.41) is 0.954. The number of esters is 2. The zero-order chi connectivity index (χ0) is 19.6. The molecule has 1 saturated heterocycles. The van der Waals surface area contributed by atoms with Crippen molar-refractivity contribution in [2.45, 2.75) is 26.2 Å². The Hall–Kier alpha value is -2.50. The second-order valence-electron chi connectivity index (χ2n) is 6.34. The van der Waals surface area contributed by atoms with E-state index in [9.17, 15) is 9.59 Å². The Labute approximate surface area is 166 Å². The van der Waals surface area contributed by atoms with E-state index in [1.807, 2.05) is 6.07 Å². The van der Waals surface area contributed by atoms with Crippen LogP contribution in [0.25, 0.3) is 6.08 Å². The molecule has 1 aliphatic heterocycles. The molecule has 0 spiro atoms. The van der Waals surface area contributed by atoms with Crippen LogP contribution < -0.4 is 4.74 Å². The first-order valence-corrected chi connectivity index (χ1v) is 8.84. The molecule has 0 unspecified atom stereocenters. The van der Waals surface area contributed by atoms with Crippen molar-refractivity contribution in [1.29, 1.82) is 0 Å². The Balaban J connectivity index is 1.67. The van der Waals surface area contributed by atoms with Crippen molar-refractivity contribution in [3.05, 3.63) is 69.2 Å². The van der Waals surface area contributed by atoms with E-state index >= 15 is 0 Å². The van der Waals surface area contributed by atoms with Crippen LogP contribution in [0, 0.1) is 0 Å². The maximum absolute atomic E-state index is 12.0. The van der Waals surface area contributed by atoms with E-state index in [1.54, 1.807) is 36.4 Å². The molecule has 27 heavy (non-hydrogen) atoms. The van der Waals surface area contributed by atoms with Crippen LogP contribution in [0.2, 0.25) is 10.0 Å². The smallest absolute Gasteiger partial charge is 0.348 e. The van der Waals surface area contributed by atoms with E-state index in [2.05, 4.69) is 0 Å². The highest BCUT2D eigenvalue weighted by atomic mass is 35.5. The van der Waals surface area contributed by atoms with E-state index in [0.29, 0.717) is 28.0 Å². The molecule has 0 N–H and O–H groups in total. The van der Waals surface area contributed by atoms with Gasteiger partial charge in [-0.3, -0.25) is 0 Å². The zero-order valence-corrected chi connectivity index (χ0v) is 16.1. The van der Waals surface area contributed by atoms with Crippen LogP contribution in [0.3, 0.4) is 0 Å². The highest BCUT2D eigenvalue weighted by Crippen LogP contribution is 2.26. The fraction of sp³-hybridized carbons (Fsp3) is 0.200. The van der Waals surface area contributed by atoms with Gasteiger partial charge in [-0.15, -0.1) is 0 Å². The summed E-state index contributed by atoms with van der Waals surface area (Å²) in [6, 6.07) is 12.2. The average molecular weight is 407 g/mol. The number of benzene rings is 2. The molecule has 0 atom stereocenters. The molecule has 140 valence electrons. The fourth-order valence-electron chi connectivity index (χ4n) is 2.40. The van der Waals surface area contributed by atoms with Crippen LogP contribution >= 0.6 is 23.2 Å². The third-order valence-corrected chi connectivity index (χ3v) is 4.44. The largest absolute Gasteiger partial charge is 0.489 e. The van der Waals surface area contributed by atoms with E-state index in [0.717, 1.165) is 5.56 Å². The number of cyclic esters (lactones) is 2. The minimum Gasteiger partial charge on any atom is -0.489 e. The van der Waals surface area contributed by atoms with Crippen molar-refractivity contribution in [1.82, 2.24) is 0 Å². The predicted molar refractivity (Wildman–Crippen MR) is 101 cm³/mol. The first-order chi connectivity index (χ1) is 12.7. The van der Waals surface area contributed by atoms with Gasteiger partial charge in [-0.2, -0.15) is 0 Å². The van der Waals surface area contributed by atoms with E-state index < -0.39 is 17.7 Å². The minimum atomic E-state index is -1.26. The van der Waals surface area contributed by atoms with Gasteiger partial charge in [0.2, 0.25) is 0 Å². The topological polar surface area (TPSA) is 61.8 Å². The second kappa shape index (κ2) is 7.62. The first kappa shape index (κ1) is 19.3. The van der Waals surface area contributed by atoms with Crippen molar-refractivity contribution in [3.8, 4) is 5.75 Å². The van der Waals surface area contributed by atoms with Gasteiger partial charge in [-0.25, -0.2) is 9.59 Å². The summed E-state index contributed by atoms with van der Waals surface area (Å²) in [5.74, 6) is -2.06. The Morgan fingerprint density at radius 3 is 2.19 bits per heavy atom. The van der Waals surface area contributed by atoms with Gasteiger partial charge >= 0.3 is 11.9 Å². The third kappa shape index (κ3) is 4.81. The molecule has 0 aliphatic carbocycles. The van der Waals surface area contributed by atoms with Crippen LogP contribution in [0.5, 0.6) is 5.75 Å². The first-order valence-electron chi connectivity index (χ1n) is 8.09. The van der Waals surface area contributed by atoms with Gasteiger partial charge in [0.05, 0.1) is 10.0 Å². The zero-order valence-electron chi connectivity index (χ0n) is 14.6. The van der Waals surface area contributed by atoms with E-state index in [-0.39, 0.29) is 5.57 Å². The summed E-state index contributed by atoms with van der Waals surface area (Å²) in [6.07, 6.45) is 1.42. The average Bonchev–Trinajstić information content (AvgIpc) is 2.59. The molecule has 0 aromatic heterocycles. The lowest BCUT2D eigenvalue weighted by atomic mass is 10.1. The molecule has 0 amide bonds. The number of ether oxygens (including phenoxy) is 3. The standard InChI is InChI=1S/C20H16Cl2O5/c1-20(2)26-18(23)15(19(24)27-20)9-12-3-6-14(7-4-12)25-11-13-5-8-16(21)17(22)10-13/h3-10H,11H2,1-2H3. The lowest BCUT2D eigenvalue weighted by molar-refractivity contribution is -0.222. The fourth-order valence-corrected chi connectivity index (χ4v) is 2.72. The SMILES string of the molecule is CC1(C)OC(=O)C(=Cc2ccc(OCc3ccc(Cl)c(Cl)c3)cc2)C(=O)O1. The quantitative estimate of drug-likeness (QED) is 0.414. The van der Waals surface area contributed by atoms with Crippen molar-refractivity contribution < 1.29 is 23.8 Å². The van der Waals surface area contributed by atoms with Crippen LogP contribution in [0.15, 0.2) is 48.0 Å². The monoisotopic (exact) mass is 406 g/mol. The summed E-state index contributed by atoms with van der Waals surface area (Å²) in [7, 11) is 0. The van der Waals surface area contributed by atoms with Gasteiger partial charge in [0, 0.05) is 13.8 Å². The Bertz CT molecular complexity index is 894. The molecule has 1 fully saturated rings. The van der Waals surface area contributed by atoms with Crippen LogP contribution in [-0.2, 0) is 25.7 Å². The van der Waals surface area contributed by atoms with Crippen LogP contribution in [0.4, 0.5) is 0 Å². The highest BCUT2D eigenvalue weighted by Gasteiger charge is 2.38. The second-order valence-corrected chi connectivity index (χ2v) is 7.16. The van der Waals surface area contributed by atoms with Gasteiger partial charge < -0.3 is 14.2 Å². The number of hydrogen-bond acceptors (Lipinski definition) is 5. The van der Waals surface area contributed by atoms with Gasteiger partial charge in [0.25, 0.3) is 5.79 Å². The summed E-state index contributed by atoms with van der Waals surface area (Å²) in [6.45, 7) is 3.32. The molecule has 3 rings (SSSR count). The Morgan fingerprint density at radius 2 is 1.59 bits per heavy atom. The summed E-state index contributed by atoms with van der Waals surface area (Å²) in [4.78, 5) is 23.9. The number of hydrogen-bond donors (Lipinski definition) is 0. The normalized spacial score (nSPS) is 15.8. The van der Waals surface area contributed by atoms with E-state index in [1.165, 1.54) is 19.9 Å². The molecule has 1 heterocycles. The van der Waals surface area contributed by atoms with Crippen molar-refractivity contribution in [2.24, 2.45) is 0 Å². The molecular formula is C20H16Cl2O5. The molecule has 0 radical (unpaired) electrons. The molecule has 5 nitrogen and oxygen atoms in total. The maximum atomic E-state index is 12.0. The number of carbonyl (C=O) groups is 2. The molecule has 0 bridgehead atoms. The predicted octanol–water partition coefficient (Wildman–Crippen LogP) is 4.79. The van der Waals surface area contributed by atoms with Crippen LogP contribution in [0.1, 0.15) is 25.0 Å². The maximum Gasteiger partial charge on any atom is 0.348 e. The van der Waals surface area contributed by atoms with Gasteiger partial charge in [-0.05, 0) is 41.5 Å². The molecule has 1 aliphatic rings. The van der Waals surface area contributed by atoms with Crippen molar-refractivity contribution in [3.63, 3.8) is 0 Å². The van der Waals surface area contributed by atoms with Crippen LogP contribution in [-0.4, -0.2) is 17.7 Å². The molecule has 2 aromatic carbocycles. The minimum absolute atomic E-state index is 0.154. The Kier molecular flexibility index (Phi) is 5.44. The Morgan fingerprint density at radius 1 is 0.963 bits per heavy atom. The molecular weight excluding hydrogens is 391 g/mol. The van der Waals surface area contributed by atoms with Gasteiger partial charge in [0.15, 0.2) is 0 Å². The third-order valence-electron chi connectivity index (χ3n) is 3.70.